The molecule has 0 atom stereocenters. The molecule has 0 saturated heterocycles. The zero-order valence-electron chi connectivity index (χ0n) is 7.55. The van der Waals surface area contributed by atoms with Crippen molar-refractivity contribution in [3.63, 3.8) is 0 Å². The molecule has 3 nitrogen and oxygen atoms in total. The monoisotopic (exact) mass is 181 g/mol. The molecular weight excluding hydrogens is 169 g/mol. The number of aryl methyl sites for hydroxylation is 1. The number of hydrogen-bond donors (Lipinski definition) is 1. The van der Waals surface area contributed by atoms with Crippen LogP contribution in [0.4, 0.5) is 10.2 Å². The van der Waals surface area contributed by atoms with Gasteiger partial charge in [0.2, 0.25) is 0 Å². The van der Waals surface area contributed by atoms with Gasteiger partial charge in [0.1, 0.15) is 6.33 Å². The predicted octanol–water partition coefficient (Wildman–Crippen LogP) is 1.78. The lowest BCUT2D eigenvalue weighted by molar-refractivity contribution is 0.597. The Kier molecular flexibility index (Phi) is 3.37. The fourth-order valence-corrected chi connectivity index (χ4v) is 0.945. The molecule has 1 aromatic heterocycles. The lowest BCUT2D eigenvalue weighted by atomic mass is 10.3. The highest BCUT2D eigenvalue weighted by Crippen LogP contribution is 2.12. The predicted molar refractivity (Wildman–Crippen MR) is 50.1 cm³/mol. The van der Waals surface area contributed by atoms with Gasteiger partial charge < -0.3 is 5.32 Å². The summed E-state index contributed by atoms with van der Waals surface area (Å²) < 4.78 is 13.4. The van der Waals surface area contributed by atoms with E-state index >= 15 is 0 Å². The van der Waals surface area contributed by atoms with Crippen LogP contribution in [0, 0.1) is 5.82 Å². The fourth-order valence-electron chi connectivity index (χ4n) is 0.945. The van der Waals surface area contributed by atoms with Gasteiger partial charge >= 0.3 is 0 Å². The molecule has 1 aromatic rings. The molecule has 0 spiro atoms. The number of hydrogen-bond acceptors (Lipinski definition) is 3. The lowest BCUT2D eigenvalue weighted by Gasteiger charge is -2.05. The van der Waals surface area contributed by atoms with Crippen molar-refractivity contribution in [2.45, 2.75) is 13.3 Å². The second-order valence-electron chi connectivity index (χ2n) is 2.51. The SMILES string of the molecule is C=CCNc1ncnc(CC)c1F. The summed E-state index contributed by atoms with van der Waals surface area (Å²) in [6, 6.07) is 0. The van der Waals surface area contributed by atoms with Gasteiger partial charge in [0, 0.05) is 6.54 Å². The van der Waals surface area contributed by atoms with Crippen molar-refractivity contribution >= 4 is 5.82 Å². The van der Waals surface area contributed by atoms with Crippen LogP contribution >= 0.6 is 0 Å². The summed E-state index contributed by atoms with van der Waals surface area (Å²) in [6.07, 6.45) is 3.57. The van der Waals surface area contributed by atoms with Gasteiger partial charge in [-0.3, -0.25) is 0 Å². The van der Waals surface area contributed by atoms with Crippen molar-refractivity contribution < 1.29 is 4.39 Å². The minimum absolute atomic E-state index is 0.242. The van der Waals surface area contributed by atoms with Crippen LogP contribution in [-0.2, 0) is 6.42 Å². The van der Waals surface area contributed by atoms with E-state index < -0.39 is 0 Å². The maximum Gasteiger partial charge on any atom is 0.186 e. The van der Waals surface area contributed by atoms with Crippen LogP contribution < -0.4 is 5.32 Å². The molecule has 1 heterocycles. The Balaban J connectivity index is 2.87. The van der Waals surface area contributed by atoms with Gasteiger partial charge in [-0.2, -0.15) is 0 Å². The van der Waals surface area contributed by atoms with Gasteiger partial charge in [0.05, 0.1) is 5.69 Å². The first-order chi connectivity index (χ1) is 6.29. The van der Waals surface area contributed by atoms with E-state index in [4.69, 9.17) is 0 Å². The van der Waals surface area contributed by atoms with E-state index in [2.05, 4.69) is 21.9 Å². The lowest BCUT2D eigenvalue weighted by Crippen LogP contribution is -2.06. The Morgan fingerprint density at radius 3 is 3.00 bits per heavy atom. The Morgan fingerprint density at radius 2 is 2.38 bits per heavy atom. The van der Waals surface area contributed by atoms with Gasteiger partial charge in [-0.05, 0) is 6.42 Å². The summed E-state index contributed by atoms with van der Waals surface area (Å²) in [5.41, 5.74) is 0.432. The maximum absolute atomic E-state index is 13.4. The summed E-state index contributed by atoms with van der Waals surface area (Å²) in [6.45, 7) is 5.87. The first-order valence-corrected chi connectivity index (χ1v) is 4.13. The molecule has 1 N–H and O–H groups in total. The van der Waals surface area contributed by atoms with Crippen molar-refractivity contribution in [3.05, 3.63) is 30.5 Å². The minimum atomic E-state index is -0.369. The third-order valence-electron chi connectivity index (χ3n) is 1.61. The quantitative estimate of drug-likeness (QED) is 0.719. The molecule has 0 aliphatic rings. The third kappa shape index (κ3) is 2.24. The zero-order chi connectivity index (χ0) is 9.68. The standard InChI is InChI=1S/C9H12FN3/c1-3-5-11-9-8(10)7(4-2)12-6-13-9/h3,6H,1,4-5H2,2H3,(H,11,12,13). The molecular formula is C9H12FN3. The van der Waals surface area contributed by atoms with Crippen LogP contribution in [0.3, 0.4) is 0 Å². The smallest absolute Gasteiger partial charge is 0.186 e. The number of anilines is 1. The first-order valence-electron chi connectivity index (χ1n) is 4.13. The van der Waals surface area contributed by atoms with Crippen molar-refractivity contribution in [3.8, 4) is 0 Å². The topological polar surface area (TPSA) is 37.8 Å². The molecule has 4 heteroatoms. The van der Waals surface area contributed by atoms with Crippen molar-refractivity contribution in [2.24, 2.45) is 0 Å². The number of nitrogens with zero attached hydrogens (tertiary/aromatic N) is 2. The zero-order valence-corrected chi connectivity index (χ0v) is 7.55. The van der Waals surface area contributed by atoms with Gasteiger partial charge in [-0.15, -0.1) is 6.58 Å². The molecule has 0 fully saturated rings. The van der Waals surface area contributed by atoms with E-state index in [1.54, 1.807) is 6.08 Å². The Bertz CT molecular complexity index is 299. The number of nitrogens with one attached hydrogen (secondary N) is 1. The van der Waals surface area contributed by atoms with Crippen molar-refractivity contribution in [1.29, 1.82) is 0 Å². The molecule has 0 saturated carbocycles. The van der Waals surface area contributed by atoms with E-state index in [1.807, 2.05) is 6.92 Å². The Morgan fingerprint density at radius 1 is 1.62 bits per heavy atom. The summed E-state index contributed by atoms with van der Waals surface area (Å²) in [5.74, 6) is -0.126. The summed E-state index contributed by atoms with van der Waals surface area (Å²) in [5, 5.41) is 2.79. The molecule has 0 aromatic carbocycles. The average molecular weight is 181 g/mol. The largest absolute Gasteiger partial charge is 0.364 e. The minimum Gasteiger partial charge on any atom is -0.364 e. The van der Waals surface area contributed by atoms with E-state index in [0.717, 1.165) is 0 Å². The molecule has 0 aliphatic heterocycles. The summed E-state index contributed by atoms with van der Waals surface area (Å²) >= 11 is 0. The van der Waals surface area contributed by atoms with Crippen LogP contribution in [0.25, 0.3) is 0 Å². The Labute approximate surface area is 76.7 Å². The highest BCUT2D eigenvalue weighted by Gasteiger charge is 2.07. The van der Waals surface area contributed by atoms with E-state index in [-0.39, 0.29) is 11.6 Å². The van der Waals surface area contributed by atoms with Gasteiger partial charge in [-0.25, -0.2) is 14.4 Å². The fraction of sp³-hybridized carbons (Fsp3) is 0.333. The van der Waals surface area contributed by atoms with Gasteiger partial charge in [0.25, 0.3) is 0 Å². The second-order valence-corrected chi connectivity index (χ2v) is 2.51. The molecule has 0 unspecified atom stereocenters. The Hall–Kier alpha value is -1.45. The first kappa shape index (κ1) is 9.64. The summed E-state index contributed by atoms with van der Waals surface area (Å²) in [7, 11) is 0. The van der Waals surface area contributed by atoms with Crippen LogP contribution in [0.5, 0.6) is 0 Å². The second kappa shape index (κ2) is 4.54. The van der Waals surface area contributed by atoms with Crippen LogP contribution in [-0.4, -0.2) is 16.5 Å². The highest BCUT2D eigenvalue weighted by atomic mass is 19.1. The molecule has 0 bridgehead atoms. The van der Waals surface area contributed by atoms with E-state index in [1.165, 1.54) is 6.33 Å². The number of aromatic nitrogens is 2. The number of halogens is 1. The molecule has 0 amide bonds. The van der Waals surface area contributed by atoms with E-state index in [0.29, 0.717) is 18.7 Å². The number of rotatable bonds is 4. The summed E-state index contributed by atoms with van der Waals surface area (Å²) in [4.78, 5) is 7.59. The van der Waals surface area contributed by atoms with Gasteiger partial charge in [0.15, 0.2) is 11.6 Å². The normalized spacial score (nSPS) is 9.69. The molecule has 13 heavy (non-hydrogen) atoms. The molecule has 70 valence electrons. The highest BCUT2D eigenvalue weighted by molar-refractivity contribution is 5.37. The van der Waals surface area contributed by atoms with Crippen molar-refractivity contribution in [2.75, 3.05) is 11.9 Å². The molecule has 0 radical (unpaired) electrons. The van der Waals surface area contributed by atoms with Crippen molar-refractivity contribution in [1.82, 2.24) is 9.97 Å². The van der Waals surface area contributed by atoms with Crippen LogP contribution in [0.1, 0.15) is 12.6 Å². The van der Waals surface area contributed by atoms with Crippen LogP contribution in [0.2, 0.25) is 0 Å². The van der Waals surface area contributed by atoms with Gasteiger partial charge in [-0.1, -0.05) is 13.0 Å². The molecule has 0 aliphatic carbocycles. The third-order valence-corrected chi connectivity index (χ3v) is 1.61. The molecule has 1 rings (SSSR count). The maximum atomic E-state index is 13.4. The van der Waals surface area contributed by atoms with Crippen LogP contribution in [0.15, 0.2) is 19.0 Å². The average Bonchev–Trinajstić information content (AvgIpc) is 2.16. The van der Waals surface area contributed by atoms with E-state index in [9.17, 15) is 4.39 Å².